The molecule has 0 radical (unpaired) electrons. The molecule has 1 aromatic rings. The van der Waals surface area contributed by atoms with E-state index >= 15 is 0 Å². The monoisotopic (exact) mass is 297 g/mol. The van der Waals surface area contributed by atoms with Gasteiger partial charge in [0.25, 0.3) is 0 Å². The van der Waals surface area contributed by atoms with Crippen molar-refractivity contribution in [3.8, 4) is 11.5 Å². The van der Waals surface area contributed by atoms with Crippen molar-refractivity contribution >= 4 is 0 Å². The van der Waals surface area contributed by atoms with Crippen molar-refractivity contribution in [3.63, 3.8) is 0 Å². The van der Waals surface area contributed by atoms with Gasteiger partial charge in [-0.25, -0.2) is 4.39 Å². The lowest BCUT2D eigenvalue weighted by atomic mass is 9.99. The largest absolute Gasteiger partial charge is 0.454 e. The zero-order valence-electron chi connectivity index (χ0n) is 11.8. The van der Waals surface area contributed by atoms with E-state index in [1.54, 1.807) is 6.07 Å². The van der Waals surface area contributed by atoms with Gasteiger partial charge < -0.3 is 19.7 Å². The van der Waals surface area contributed by atoms with Crippen LogP contribution < -0.4 is 9.47 Å². The molecule has 2 unspecified atom stereocenters. The molecule has 2 aliphatic heterocycles. The maximum atomic E-state index is 14.0. The Morgan fingerprint density at radius 2 is 2.05 bits per heavy atom. The summed E-state index contributed by atoms with van der Waals surface area (Å²) in [7, 11) is 0. The van der Waals surface area contributed by atoms with Crippen molar-refractivity contribution < 1.29 is 24.1 Å². The van der Waals surface area contributed by atoms with E-state index in [-0.39, 0.29) is 31.4 Å². The number of hydrogen-bond acceptors (Lipinski definition) is 5. The first-order valence-corrected chi connectivity index (χ1v) is 7.28. The number of hydrogen-bond donors (Lipinski definition) is 2. The fraction of sp³-hybridized carbons (Fsp3) is 0.600. The van der Waals surface area contributed by atoms with E-state index in [9.17, 15) is 14.6 Å². The average molecular weight is 297 g/mol. The van der Waals surface area contributed by atoms with Gasteiger partial charge in [-0.3, -0.25) is 4.90 Å². The van der Waals surface area contributed by atoms with E-state index in [4.69, 9.17) is 9.47 Å². The van der Waals surface area contributed by atoms with E-state index in [0.29, 0.717) is 42.9 Å². The molecule has 1 fully saturated rings. The molecule has 2 atom stereocenters. The van der Waals surface area contributed by atoms with Crippen molar-refractivity contribution in [1.82, 2.24) is 4.90 Å². The molecule has 0 aliphatic carbocycles. The van der Waals surface area contributed by atoms with Crippen LogP contribution in [0.3, 0.4) is 0 Å². The zero-order valence-corrected chi connectivity index (χ0v) is 11.8. The Balaban J connectivity index is 1.64. The van der Waals surface area contributed by atoms with Gasteiger partial charge in [0.05, 0.1) is 12.7 Å². The molecule has 2 heterocycles. The highest BCUT2D eigenvalue weighted by Gasteiger charge is 2.27. The SMILES string of the molecule is OCC1CC(O)CCN1CCc1cc2c(cc1F)OCO2. The van der Waals surface area contributed by atoms with Gasteiger partial charge in [-0.05, 0) is 30.9 Å². The number of nitrogens with zero attached hydrogens (tertiary/aromatic N) is 1. The zero-order chi connectivity index (χ0) is 14.8. The summed E-state index contributed by atoms with van der Waals surface area (Å²) in [6.45, 7) is 1.52. The molecule has 6 heteroatoms. The number of halogens is 1. The third kappa shape index (κ3) is 3.12. The lowest BCUT2D eigenvalue weighted by Gasteiger charge is -2.36. The first-order chi connectivity index (χ1) is 10.2. The summed E-state index contributed by atoms with van der Waals surface area (Å²) in [6, 6.07) is 3.00. The van der Waals surface area contributed by atoms with E-state index in [1.807, 2.05) is 0 Å². The first kappa shape index (κ1) is 14.6. The third-order valence-electron chi connectivity index (χ3n) is 4.23. The van der Waals surface area contributed by atoms with Gasteiger partial charge in [0.15, 0.2) is 11.5 Å². The second kappa shape index (κ2) is 6.17. The van der Waals surface area contributed by atoms with E-state index < -0.39 is 0 Å². The standard InChI is InChI=1S/C15H20FNO4/c16-13-7-15-14(20-9-21-15)5-10(13)1-3-17-4-2-12(19)6-11(17)8-18/h5,7,11-12,18-19H,1-4,6,8-9H2. The third-order valence-corrected chi connectivity index (χ3v) is 4.23. The van der Waals surface area contributed by atoms with Crippen LogP contribution in [0.2, 0.25) is 0 Å². The summed E-state index contributed by atoms with van der Waals surface area (Å²) in [5.41, 5.74) is 0.585. The lowest BCUT2D eigenvalue weighted by molar-refractivity contribution is 0.0176. The van der Waals surface area contributed by atoms with E-state index in [0.717, 1.165) is 6.54 Å². The van der Waals surface area contributed by atoms with Crippen LogP contribution in [0, 0.1) is 5.82 Å². The molecule has 5 nitrogen and oxygen atoms in total. The highest BCUT2D eigenvalue weighted by Crippen LogP contribution is 2.34. The first-order valence-electron chi connectivity index (χ1n) is 7.28. The molecule has 0 bridgehead atoms. The molecule has 0 spiro atoms. The van der Waals surface area contributed by atoms with Crippen molar-refractivity contribution in [2.75, 3.05) is 26.5 Å². The molecule has 116 valence electrons. The summed E-state index contributed by atoms with van der Waals surface area (Å²) in [4.78, 5) is 2.11. The van der Waals surface area contributed by atoms with Crippen LogP contribution in [0.15, 0.2) is 12.1 Å². The van der Waals surface area contributed by atoms with Crippen LogP contribution in [-0.4, -0.2) is 53.7 Å². The topological polar surface area (TPSA) is 62.2 Å². The number of likely N-dealkylation sites (tertiary alicyclic amines) is 1. The van der Waals surface area contributed by atoms with Crippen molar-refractivity contribution in [2.24, 2.45) is 0 Å². The van der Waals surface area contributed by atoms with Crippen molar-refractivity contribution in [3.05, 3.63) is 23.5 Å². The summed E-state index contributed by atoms with van der Waals surface area (Å²) < 4.78 is 24.4. The number of rotatable bonds is 4. The lowest BCUT2D eigenvalue weighted by Crippen LogP contribution is -2.47. The minimum absolute atomic E-state index is 0.0146. The van der Waals surface area contributed by atoms with Crippen LogP contribution in [-0.2, 0) is 6.42 Å². The summed E-state index contributed by atoms with van der Waals surface area (Å²) in [5, 5.41) is 19.0. The normalized spacial score (nSPS) is 25.3. The molecule has 2 aliphatic rings. The molecule has 21 heavy (non-hydrogen) atoms. The molecular weight excluding hydrogens is 277 g/mol. The minimum atomic E-state index is -0.347. The number of aliphatic hydroxyl groups is 2. The smallest absolute Gasteiger partial charge is 0.231 e. The average Bonchev–Trinajstić information content (AvgIpc) is 2.92. The van der Waals surface area contributed by atoms with E-state index in [2.05, 4.69) is 4.90 Å². The Labute approximate surface area is 122 Å². The van der Waals surface area contributed by atoms with Crippen LogP contribution in [0.1, 0.15) is 18.4 Å². The van der Waals surface area contributed by atoms with Gasteiger partial charge in [-0.2, -0.15) is 0 Å². The van der Waals surface area contributed by atoms with Gasteiger partial charge in [0.2, 0.25) is 6.79 Å². The van der Waals surface area contributed by atoms with Crippen molar-refractivity contribution in [2.45, 2.75) is 31.4 Å². The molecule has 1 saturated heterocycles. The van der Waals surface area contributed by atoms with Gasteiger partial charge in [0.1, 0.15) is 5.82 Å². The van der Waals surface area contributed by atoms with Gasteiger partial charge in [-0.1, -0.05) is 0 Å². The maximum Gasteiger partial charge on any atom is 0.231 e. The Morgan fingerprint density at radius 1 is 1.29 bits per heavy atom. The quantitative estimate of drug-likeness (QED) is 0.865. The fourth-order valence-electron chi connectivity index (χ4n) is 2.98. The molecule has 0 saturated carbocycles. The minimum Gasteiger partial charge on any atom is -0.454 e. The van der Waals surface area contributed by atoms with Crippen LogP contribution in [0.4, 0.5) is 4.39 Å². The molecule has 2 N–H and O–H groups in total. The second-order valence-corrected chi connectivity index (χ2v) is 5.60. The van der Waals surface area contributed by atoms with E-state index in [1.165, 1.54) is 6.07 Å². The van der Waals surface area contributed by atoms with Crippen LogP contribution in [0.25, 0.3) is 0 Å². The predicted octanol–water partition coefficient (Wildman–Crippen LogP) is 0.914. The van der Waals surface area contributed by atoms with Crippen molar-refractivity contribution in [1.29, 1.82) is 0 Å². The Morgan fingerprint density at radius 3 is 2.81 bits per heavy atom. The second-order valence-electron chi connectivity index (χ2n) is 5.60. The Kier molecular flexibility index (Phi) is 4.28. The predicted molar refractivity (Wildman–Crippen MR) is 73.9 cm³/mol. The highest BCUT2D eigenvalue weighted by atomic mass is 19.1. The molecule has 1 aromatic carbocycles. The molecular formula is C15H20FNO4. The molecule has 0 aromatic heterocycles. The molecule has 3 rings (SSSR count). The summed E-state index contributed by atoms with van der Waals surface area (Å²) in [5.74, 6) is 0.738. The fourth-order valence-corrected chi connectivity index (χ4v) is 2.98. The number of ether oxygens (including phenoxy) is 2. The molecule has 0 amide bonds. The number of piperidine rings is 1. The Hall–Kier alpha value is -1.37. The van der Waals surface area contributed by atoms with Gasteiger partial charge in [0, 0.05) is 25.2 Å². The van der Waals surface area contributed by atoms with Crippen LogP contribution in [0.5, 0.6) is 11.5 Å². The maximum absolute atomic E-state index is 14.0. The highest BCUT2D eigenvalue weighted by molar-refractivity contribution is 5.45. The number of aliphatic hydroxyl groups excluding tert-OH is 2. The van der Waals surface area contributed by atoms with Crippen LogP contribution >= 0.6 is 0 Å². The summed E-state index contributed by atoms with van der Waals surface area (Å²) in [6.07, 6.45) is 1.45. The number of fused-ring (bicyclic) bond motifs is 1. The number of benzene rings is 1. The Bertz CT molecular complexity index is 511. The van der Waals surface area contributed by atoms with Gasteiger partial charge >= 0.3 is 0 Å². The van der Waals surface area contributed by atoms with Gasteiger partial charge in [-0.15, -0.1) is 0 Å². The summed E-state index contributed by atoms with van der Waals surface area (Å²) >= 11 is 0.